The van der Waals surface area contributed by atoms with Gasteiger partial charge in [0, 0.05) is 18.8 Å². The number of aryl methyl sites for hydroxylation is 1. The van der Waals surface area contributed by atoms with Crippen molar-refractivity contribution in [3.05, 3.63) is 42.8 Å². The maximum absolute atomic E-state index is 5.58. The second-order valence-electron chi connectivity index (χ2n) is 3.99. The lowest BCUT2D eigenvalue weighted by molar-refractivity contribution is 0.578. The second-order valence-corrected chi connectivity index (χ2v) is 3.99. The Bertz CT molecular complexity index is 653. The Morgan fingerprint density at radius 2 is 2.17 bits per heavy atom. The summed E-state index contributed by atoms with van der Waals surface area (Å²) in [7, 11) is 1.89. The zero-order valence-electron chi connectivity index (χ0n) is 9.87. The third-order valence-corrected chi connectivity index (χ3v) is 2.74. The summed E-state index contributed by atoms with van der Waals surface area (Å²) in [5.41, 5.74) is 8.31. The van der Waals surface area contributed by atoms with Crippen LogP contribution in [0.5, 0.6) is 0 Å². The predicted molar refractivity (Wildman–Crippen MR) is 68.6 cm³/mol. The van der Waals surface area contributed by atoms with Gasteiger partial charge in [-0.1, -0.05) is 0 Å². The zero-order chi connectivity index (χ0) is 12.5. The minimum absolute atomic E-state index is 0.507. The Hall–Kier alpha value is -2.56. The quantitative estimate of drug-likeness (QED) is 0.746. The molecule has 18 heavy (non-hydrogen) atoms. The van der Waals surface area contributed by atoms with Crippen LogP contribution in [-0.4, -0.2) is 14.8 Å². The van der Waals surface area contributed by atoms with Crippen LogP contribution in [0.4, 0.5) is 5.82 Å². The van der Waals surface area contributed by atoms with Gasteiger partial charge in [-0.15, -0.1) is 0 Å². The van der Waals surface area contributed by atoms with Crippen LogP contribution in [0.1, 0.15) is 0 Å². The van der Waals surface area contributed by atoms with Gasteiger partial charge in [0.05, 0.1) is 12.0 Å². The number of nitrogens with two attached hydrogens (primary N) is 1. The van der Waals surface area contributed by atoms with E-state index in [4.69, 9.17) is 10.2 Å². The van der Waals surface area contributed by atoms with Crippen molar-refractivity contribution >= 4 is 5.82 Å². The van der Waals surface area contributed by atoms with Crippen LogP contribution < -0.4 is 5.73 Å². The number of aromatic nitrogens is 3. The third-order valence-electron chi connectivity index (χ3n) is 2.74. The zero-order valence-corrected chi connectivity index (χ0v) is 9.87. The van der Waals surface area contributed by atoms with E-state index in [1.165, 1.54) is 0 Å². The number of anilines is 1. The molecule has 5 heteroatoms. The van der Waals surface area contributed by atoms with Crippen LogP contribution in [0.25, 0.3) is 22.7 Å². The van der Waals surface area contributed by atoms with Crippen molar-refractivity contribution in [2.75, 3.05) is 5.73 Å². The maximum Gasteiger partial charge on any atom is 0.154 e. The highest BCUT2D eigenvalue weighted by Gasteiger charge is 2.10. The molecule has 0 aliphatic carbocycles. The molecule has 3 aromatic rings. The SMILES string of the molecule is Cn1nc(-c2ccco2)cc1-c1ccc(N)nc1. The smallest absolute Gasteiger partial charge is 0.154 e. The van der Waals surface area contributed by atoms with E-state index >= 15 is 0 Å². The Morgan fingerprint density at radius 3 is 2.83 bits per heavy atom. The Morgan fingerprint density at radius 1 is 1.28 bits per heavy atom. The average molecular weight is 240 g/mol. The third kappa shape index (κ3) is 1.75. The fourth-order valence-electron chi connectivity index (χ4n) is 1.84. The largest absolute Gasteiger partial charge is 0.463 e. The molecule has 3 heterocycles. The molecule has 5 nitrogen and oxygen atoms in total. The first kappa shape index (κ1) is 10.6. The lowest BCUT2D eigenvalue weighted by Crippen LogP contribution is -1.95. The molecule has 0 aliphatic heterocycles. The fourth-order valence-corrected chi connectivity index (χ4v) is 1.84. The first-order valence-corrected chi connectivity index (χ1v) is 5.54. The normalized spacial score (nSPS) is 10.7. The van der Waals surface area contributed by atoms with Crippen LogP contribution in [0.15, 0.2) is 47.2 Å². The first-order chi connectivity index (χ1) is 8.74. The van der Waals surface area contributed by atoms with Gasteiger partial charge in [0.2, 0.25) is 0 Å². The van der Waals surface area contributed by atoms with E-state index in [1.807, 2.05) is 31.3 Å². The molecule has 0 aliphatic rings. The van der Waals surface area contributed by atoms with Crippen molar-refractivity contribution in [1.29, 1.82) is 0 Å². The summed E-state index contributed by atoms with van der Waals surface area (Å²) in [5, 5.41) is 4.42. The second kappa shape index (κ2) is 4.03. The van der Waals surface area contributed by atoms with Crippen molar-refractivity contribution < 1.29 is 4.42 Å². The van der Waals surface area contributed by atoms with Crippen molar-refractivity contribution in [1.82, 2.24) is 14.8 Å². The molecule has 0 saturated carbocycles. The number of furan rings is 1. The minimum atomic E-state index is 0.507. The van der Waals surface area contributed by atoms with Crippen molar-refractivity contribution in [2.24, 2.45) is 7.05 Å². The van der Waals surface area contributed by atoms with Gasteiger partial charge in [-0.2, -0.15) is 5.10 Å². The highest BCUT2D eigenvalue weighted by atomic mass is 16.3. The van der Waals surface area contributed by atoms with Crippen molar-refractivity contribution in [3.63, 3.8) is 0 Å². The molecule has 0 radical (unpaired) electrons. The van der Waals surface area contributed by atoms with Gasteiger partial charge < -0.3 is 10.2 Å². The predicted octanol–water partition coefficient (Wildman–Crippen LogP) is 2.32. The van der Waals surface area contributed by atoms with Gasteiger partial charge in [0.1, 0.15) is 11.5 Å². The maximum atomic E-state index is 5.58. The molecule has 0 spiro atoms. The number of nitrogen functional groups attached to an aromatic ring is 1. The molecule has 0 bridgehead atoms. The van der Waals surface area contributed by atoms with E-state index in [0.29, 0.717) is 5.82 Å². The van der Waals surface area contributed by atoms with Crippen LogP contribution in [-0.2, 0) is 7.05 Å². The number of pyridine rings is 1. The molecule has 0 fully saturated rings. The number of hydrogen-bond acceptors (Lipinski definition) is 4. The van der Waals surface area contributed by atoms with Crippen molar-refractivity contribution in [3.8, 4) is 22.7 Å². The molecular formula is C13H12N4O. The van der Waals surface area contributed by atoms with E-state index in [9.17, 15) is 0 Å². The summed E-state index contributed by atoms with van der Waals surface area (Å²) in [6.07, 6.45) is 3.37. The van der Waals surface area contributed by atoms with Crippen LogP contribution in [0.3, 0.4) is 0 Å². The topological polar surface area (TPSA) is 69.9 Å². The molecule has 90 valence electrons. The Kier molecular flexibility index (Phi) is 2.37. The summed E-state index contributed by atoms with van der Waals surface area (Å²) in [5.74, 6) is 1.26. The molecule has 3 aromatic heterocycles. The molecule has 3 rings (SSSR count). The highest BCUT2D eigenvalue weighted by Crippen LogP contribution is 2.25. The lowest BCUT2D eigenvalue weighted by atomic mass is 10.2. The average Bonchev–Trinajstić information content (AvgIpc) is 2.99. The standard InChI is InChI=1S/C13H12N4O/c1-17-11(9-4-5-13(14)15-8-9)7-10(16-17)12-3-2-6-18-12/h2-8H,1H3,(H2,14,15). The first-order valence-electron chi connectivity index (χ1n) is 5.54. The molecule has 0 atom stereocenters. The summed E-state index contributed by atoms with van der Waals surface area (Å²) >= 11 is 0. The van der Waals surface area contributed by atoms with Gasteiger partial charge in [-0.3, -0.25) is 4.68 Å². The number of hydrogen-bond donors (Lipinski definition) is 1. The van der Waals surface area contributed by atoms with Crippen LogP contribution in [0.2, 0.25) is 0 Å². The molecule has 2 N–H and O–H groups in total. The molecule has 0 unspecified atom stereocenters. The summed E-state index contributed by atoms with van der Waals surface area (Å²) in [6.45, 7) is 0. The number of rotatable bonds is 2. The molecule has 0 aromatic carbocycles. The summed E-state index contributed by atoms with van der Waals surface area (Å²) in [6, 6.07) is 9.38. The summed E-state index contributed by atoms with van der Waals surface area (Å²) < 4.78 is 7.13. The number of nitrogens with zero attached hydrogens (tertiary/aromatic N) is 3. The van der Waals surface area contributed by atoms with E-state index < -0.39 is 0 Å². The van der Waals surface area contributed by atoms with Crippen LogP contribution in [0, 0.1) is 0 Å². The van der Waals surface area contributed by atoms with Gasteiger partial charge in [0.25, 0.3) is 0 Å². The molecule has 0 saturated heterocycles. The lowest BCUT2D eigenvalue weighted by Gasteiger charge is -2.00. The van der Waals surface area contributed by atoms with Crippen molar-refractivity contribution in [2.45, 2.75) is 0 Å². The van der Waals surface area contributed by atoms with Gasteiger partial charge in [-0.25, -0.2) is 4.98 Å². The van der Waals surface area contributed by atoms with E-state index in [1.54, 1.807) is 23.2 Å². The van der Waals surface area contributed by atoms with Gasteiger partial charge in [0.15, 0.2) is 5.76 Å². The van der Waals surface area contributed by atoms with Gasteiger partial charge in [-0.05, 0) is 30.3 Å². The van der Waals surface area contributed by atoms with Gasteiger partial charge >= 0.3 is 0 Å². The Labute approximate surface area is 104 Å². The Balaban J connectivity index is 2.06. The van der Waals surface area contributed by atoms with Crippen LogP contribution >= 0.6 is 0 Å². The van der Waals surface area contributed by atoms with E-state index in [-0.39, 0.29) is 0 Å². The molecule has 0 amide bonds. The monoisotopic (exact) mass is 240 g/mol. The van der Waals surface area contributed by atoms with E-state index in [2.05, 4.69) is 10.1 Å². The summed E-state index contributed by atoms with van der Waals surface area (Å²) in [4.78, 5) is 4.08. The minimum Gasteiger partial charge on any atom is -0.463 e. The highest BCUT2D eigenvalue weighted by molar-refractivity contribution is 5.66. The molecular weight excluding hydrogens is 228 g/mol. The fraction of sp³-hybridized carbons (Fsp3) is 0.0769. The van der Waals surface area contributed by atoms with E-state index in [0.717, 1.165) is 22.7 Å².